The molecule has 0 aliphatic carbocycles. The number of anilines is 1. The highest BCUT2D eigenvalue weighted by Gasteiger charge is 2.16. The largest absolute Gasteiger partial charge is 0.283 e. The zero-order valence-electron chi connectivity index (χ0n) is 10.4. The Morgan fingerprint density at radius 3 is 2.26 bits per heavy atom. The van der Waals surface area contributed by atoms with Gasteiger partial charge in [0, 0.05) is 0 Å². The highest BCUT2D eigenvalue weighted by molar-refractivity contribution is 7.92. The molecule has 0 saturated carbocycles. The van der Waals surface area contributed by atoms with Crippen LogP contribution in [0, 0.1) is 11.7 Å². The van der Waals surface area contributed by atoms with E-state index in [-0.39, 0.29) is 17.4 Å². The Hall–Kier alpha value is -1.19. The molecule has 0 atom stereocenters. The summed E-state index contributed by atoms with van der Waals surface area (Å²) in [6.45, 7) is 3.42. The maximum atomic E-state index is 13.2. The van der Waals surface area contributed by atoms with Gasteiger partial charge in [-0.1, -0.05) is 13.8 Å². The summed E-state index contributed by atoms with van der Waals surface area (Å²) in [6.07, 6.45) is 0. The molecular formula is C10H15FN2O4S2. The monoisotopic (exact) mass is 310 g/mol. The zero-order valence-corrected chi connectivity index (χ0v) is 12.1. The van der Waals surface area contributed by atoms with Crippen molar-refractivity contribution in [2.45, 2.75) is 18.7 Å². The summed E-state index contributed by atoms with van der Waals surface area (Å²) in [7, 11) is -7.77. The van der Waals surface area contributed by atoms with Crippen LogP contribution < -0.4 is 9.86 Å². The van der Waals surface area contributed by atoms with E-state index >= 15 is 0 Å². The lowest BCUT2D eigenvalue weighted by Gasteiger charge is -2.11. The molecule has 1 aromatic carbocycles. The van der Waals surface area contributed by atoms with Gasteiger partial charge in [-0.15, -0.1) is 0 Å². The summed E-state index contributed by atoms with van der Waals surface area (Å²) in [5.74, 6) is -1.17. The molecule has 3 N–H and O–H groups in total. The van der Waals surface area contributed by atoms with Crippen LogP contribution in [-0.2, 0) is 20.0 Å². The first-order valence-electron chi connectivity index (χ1n) is 5.33. The first-order valence-corrected chi connectivity index (χ1v) is 8.53. The van der Waals surface area contributed by atoms with Gasteiger partial charge in [0.1, 0.15) is 5.82 Å². The van der Waals surface area contributed by atoms with Gasteiger partial charge in [0.05, 0.1) is 16.3 Å². The zero-order chi connectivity index (χ0) is 14.8. The molecule has 0 fully saturated rings. The van der Waals surface area contributed by atoms with Crippen LogP contribution in [0.25, 0.3) is 0 Å². The SMILES string of the molecule is CC(C)CS(=O)(=O)Nc1cc(F)cc(S(N)(=O)=O)c1. The molecule has 0 heterocycles. The average molecular weight is 310 g/mol. The number of halogens is 1. The lowest BCUT2D eigenvalue weighted by Crippen LogP contribution is -2.20. The van der Waals surface area contributed by atoms with Crippen molar-refractivity contribution in [3.8, 4) is 0 Å². The first-order chi connectivity index (χ1) is 8.49. The Balaban J connectivity index is 3.13. The van der Waals surface area contributed by atoms with Crippen molar-refractivity contribution in [2.24, 2.45) is 11.1 Å². The third-order valence-corrected chi connectivity index (χ3v) is 4.57. The molecule has 0 amide bonds. The molecule has 0 spiro atoms. The molecule has 1 aromatic rings. The number of nitrogens with two attached hydrogens (primary N) is 1. The third-order valence-electron chi connectivity index (χ3n) is 2.03. The summed E-state index contributed by atoms with van der Waals surface area (Å²) in [6, 6.07) is 2.57. The lowest BCUT2D eigenvalue weighted by atomic mass is 10.3. The van der Waals surface area contributed by atoms with Crippen molar-refractivity contribution in [2.75, 3.05) is 10.5 Å². The molecule has 9 heteroatoms. The molecule has 0 radical (unpaired) electrons. The smallest absolute Gasteiger partial charge is 0.238 e. The standard InChI is InChI=1S/C10H15FN2O4S2/c1-7(2)6-18(14,15)13-9-3-8(11)4-10(5-9)19(12,16)17/h3-5,7,13H,6H2,1-2H3,(H2,12,16,17). The van der Waals surface area contributed by atoms with Gasteiger partial charge in [-0.25, -0.2) is 26.4 Å². The molecule has 0 saturated heterocycles. The van der Waals surface area contributed by atoms with Crippen LogP contribution in [-0.4, -0.2) is 22.6 Å². The van der Waals surface area contributed by atoms with E-state index in [1.54, 1.807) is 13.8 Å². The Bertz CT molecular complexity index is 669. The highest BCUT2D eigenvalue weighted by Crippen LogP contribution is 2.18. The van der Waals surface area contributed by atoms with Crippen molar-refractivity contribution in [1.29, 1.82) is 0 Å². The van der Waals surface area contributed by atoms with E-state index < -0.39 is 30.8 Å². The van der Waals surface area contributed by atoms with Crippen LogP contribution in [0.15, 0.2) is 23.1 Å². The summed E-state index contributed by atoms with van der Waals surface area (Å²) >= 11 is 0. The fraction of sp³-hybridized carbons (Fsp3) is 0.400. The minimum Gasteiger partial charge on any atom is -0.283 e. The van der Waals surface area contributed by atoms with E-state index in [9.17, 15) is 21.2 Å². The number of sulfonamides is 2. The van der Waals surface area contributed by atoms with E-state index in [4.69, 9.17) is 5.14 Å². The van der Waals surface area contributed by atoms with Crippen LogP contribution in [0.2, 0.25) is 0 Å². The van der Waals surface area contributed by atoms with Crippen molar-refractivity contribution < 1.29 is 21.2 Å². The van der Waals surface area contributed by atoms with Crippen molar-refractivity contribution in [1.82, 2.24) is 0 Å². The second-order valence-corrected chi connectivity index (χ2v) is 7.83. The lowest BCUT2D eigenvalue weighted by molar-refractivity contribution is 0.586. The summed E-state index contributed by atoms with van der Waals surface area (Å²) in [4.78, 5) is -0.491. The number of nitrogens with one attached hydrogen (secondary N) is 1. The van der Waals surface area contributed by atoms with Crippen LogP contribution in [0.4, 0.5) is 10.1 Å². The van der Waals surface area contributed by atoms with Crippen molar-refractivity contribution in [3.05, 3.63) is 24.0 Å². The predicted octanol–water partition coefficient (Wildman–Crippen LogP) is 0.871. The minimum atomic E-state index is -4.10. The Morgan fingerprint density at radius 2 is 1.79 bits per heavy atom. The average Bonchev–Trinajstić information content (AvgIpc) is 2.11. The van der Waals surface area contributed by atoms with E-state index in [1.807, 2.05) is 0 Å². The Kier molecular flexibility index (Phi) is 4.54. The molecular weight excluding hydrogens is 295 g/mol. The first kappa shape index (κ1) is 15.9. The summed E-state index contributed by atoms with van der Waals surface area (Å²) < 4.78 is 60.9. The number of rotatable bonds is 5. The molecule has 0 aromatic heterocycles. The van der Waals surface area contributed by atoms with E-state index in [0.29, 0.717) is 0 Å². The van der Waals surface area contributed by atoms with Gasteiger partial charge in [0.15, 0.2) is 0 Å². The normalized spacial score (nSPS) is 12.7. The fourth-order valence-electron chi connectivity index (χ4n) is 1.45. The van der Waals surface area contributed by atoms with Crippen LogP contribution in [0.5, 0.6) is 0 Å². The summed E-state index contributed by atoms with van der Waals surface area (Å²) in [5.41, 5.74) is -0.176. The number of hydrogen-bond donors (Lipinski definition) is 2. The van der Waals surface area contributed by atoms with Gasteiger partial charge >= 0.3 is 0 Å². The van der Waals surface area contributed by atoms with Crippen LogP contribution >= 0.6 is 0 Å². The predicted molar refractivity (Wildman–Crippen MR) is 70.0 cm³/mol. The van der Waals surface area contributed by atoms with Gasteiger partial charge in [-0.05, 0) is 24.1 Å². The number of hydrogen-bond acceptors (Lipinski definition) is 4. The van der Waals surface area contributed by atoms with Crippen LogP contribution in [0.3, 0.4) is 0 Å². The Morgan fingerprint density at radius 1 is 1.21 bits per heavy atom. The van der Waals surface area contributed by atoms with Gasteiger partial charge < -0.3 is 0 Å². The third kappa shape index (κ3) is 5.13. The maximum absolute atomic E-state index is 13.2. The van der Waals surface area contributed by atoms with Gasteiger partial charge in [0.2, 0.25) is 20.0 Å². The summed E-state index contributed by atoms with van der Waals surface area (Å²) in [5, 5.41) is 4.87. The second-order valence-electron chi connectivity index (χ2n) is 4.50. The molecule has 0 bridgehead atoms. The Labute approximate surface area is 111 Å². The van der Waals surface area contributed by atoms with E-state index in [0.717, 1.165) is 18.2 Å². The minimum absolute atomic E-state index is 0.122. The van der Waals surface area contributed by atoms with Crippen molar-refractivity contribution in [3.63, 3.8) is 0 Å². The number of primary sulfonamides is 1. The molecule has 0 aliphatic rings. The van der Waals surface area contributed by atoms with E-state index in [2.05, 4.69) is 4.72 Å². The van der Waals surface area contributed by atoms with Crippen LogP contribution in [0.1, 0.15) is 13.8 Å². The molecule has 1 rings (SSSR count). The second kappa shape index (κ2) is 5.43. The molecule has 19 heavy (non-hydrogen) atoms. The van der Waals surface area contributed by atoms with Gasteiger partial charge in [-0.2, -0.15) is 0 Å². The quantitative estimate of drug-likeness (QED) is 0.841. The highest BCUT2D eigenvalue weighted by atomic mass is 32.2. The number of benzene rings is 1. The van der Waals surface area contributed by atoms with Crippen molar-refractivity contribution >= 4 is 25.7 Å². The fourth-order valence-corrected chi connectivity index (χ4v) is 3.45. The van der Waals surface area contributed by atoms with Gasteiger partial charge in [-0.3, -0.25) is 4.72 Å². The molecule has 0 unspecified atom stereocenters. The molecule has 108 valence electrons. The maximum Gasteiger partial charge on any atom is 0.238 e. The molecule has 6 nitrogen and oxygen atoms in total. The van der Waals surface area contributed by atoms with E-state index in [1.165, 1.54) is 0 Å². The topological polar surface area (TPSA) is 106 Å². The molecule has 0 aliphatic heterocycles. The van der Waals surface area contributed by atoms with Gasteiger partial charge in [0.25, 0.3) is 0 Å².